The van der Waals surface area contributed by atoms with E-state index in [0.717, 1.165) is 11.1 Å². The number of carbonyl (C=O) groups excluding carboxylic acids is 4. The molecule has 11 nitrogen and oxygen atoms in total. The first-order valence-corrected chi connectivity index (χ1v) is 14.2. The zero-order valence-corrected chi connectivity index (χ0v) is 25.1. The van der Waals surface area contributed by atoms with Crippen molar-refractivity contribution >= 4 is 23.8 Å². The van der Waals surface area contributed by atoms with Crippen LogP contribution in [0, 0.1) is 0 Å². The molecule has 6 N–H and O–H groups in total. The van der Waals surface area contributed by atoms with Gasteiger partial charge < -0.3 is 36.3 Å². The van der Waals surface area contributed by atoms with E-state index in [-0.39, 0.29) is 36.9 Å². The van der Waals surface area contributed by atoms with E-state index >= 15 is 0 Å². The highest BCUT2D eigenvalue weighted by Crippen LogP contribution is 2.20. The number of primary amides is 1. The van der Waals surface area contributed by atoms with Gasteiger partial charge in [-0.15, -0.1) is 0 Å². The van der Waals surface area contributed by atoms with E-state index in [2.05, 4.69) is 16.0 Å². The largest absolute Gasteiger partial charge is 0.490 e. The van der Waals surface area contributed by atoms with Crippen LogP contribution in [0.25, 0.3) is 0 Å². The summed E-state index contributed by atoms with van der Waals surface area (Å²) in [4.78, 5) is 50.4. The molecule has 0 bridgehead atoms. The summed E-state index contributed by atoms with van der Waals surface area (Å²) < 4.78 is 11.1. The number of nitrogens with two attached hydrogens (primary N) is 1. The number of ether oxygens (including phenoxy) is 2. The zero-order chi connectivity index (χ0) is 32.1. The first-order valence-electron chi connectivity index (χ1n) is 14.2. The van der Waals surface area contributed by atoms with Gasteiger partial charge in [-0.25, -0.2) is 4.79 Å². The second-order valence-corrected chi connectivity index (χ2v) is 11.3. The summed E-state index contributed by atoms with van der Waals surface area (Å²) in [7, 11) is 0. The zero-order valence-electron chi connectivity index (χ0n) is 25.1. The van der Waals surface area contributed by atoms with E-state index in [0.29, 0.717) is 0 Å². The summed E-state index contributed by atoms with van der Waals surface area (Å²) in [6.07, 6.45) is -2.46. The molecule has 11 heteroatoms. The van der Waals surface area contributed by atoms with Gasteiger partial charge in [-0.1, -0.05) is 72.8 Å². The van der Waals surface area contributed by atoms with Gasteiger partial charge in [0.25, 0.3) is 5.91 Å². The topological polar surface area (TPSA) is 169 Å². The number of nitrogens with one attached hydrogen (secondary N) is 3. The Morgan fingerprint density at radius 3 is 2.05 bits per heavy atom. The number of hydrogen-bond donors (Lipinski definition) is 5. The standard InChI is InChI=1S/C33H40N4O7/c1-33(2,3)37-30(40)24-16-10-11-17-28(24)43-21-27(38)25(18-22-12-6-4-7-13-22)35-31(41)26(19-29(34)39)36-32(42)44-20-23-14-8-5-9-15-23/h4-17,25-27,38H,18-21H2,1-3H3,(H2,34,39)(H,35,41)(H,36,42)(H,37,40)/t25-,26-,27-/m0/s1. The molecule has 0 heterocycles. The minimum absolute atomic E-state index is 0.0421. The van der Waals surface area contributed by atoms with E-state index in [9.17, 15) is 24.3 Å². The first-order chi connectivity index (χ1) is 20.9. The van der Waals surface area contributed by atoms with Crippen molar-refractivity contribution in [2.75, 3.05) is 6.61 Å². The average Bonchev–Trinajstić information content (AvgIpc) is 2.98. The molecule has 3 atom stereocenters. The maximum Gasteiger partial charge on any atom is 0.408 e. The fourth-order valence-electron chi connectivity index (χ4n) is 4.23. The second kappa shape index (κ2) is 16.1. The molecule has 3 rings (SSSR count). The molecule has 0 saturated carbocycles. The second-order valence-electron chi connectivity index (χ2n) is 11.3. The van der Waals surface area contributed by atoms with Crippen LogP contribution in [0.2, 0.25) is 0 Å². The lowest BCUT2D eigenvalue weighted by molar-refractivity contribution is -0.128. The molecule has 0 fully saturated rings. The van der Waals surface area contributed by atoms with Gasteiger partial charge in [0.15, 0.2) is 0 Å². The maximum absolute atomic E-state index is 13.4. The fourth-order valence-corrected chi connectivity index (χ4v) is 4.23. The Balaban J connectivity index is 1.73. The smallest absolute Gasteiger partial charge is 0.408 e. The number of amides is 4. The summed E-state index contributed by atoms with van der Waals surface area (Å²) in [5.74, 6) is -1.64. The summed E-state index contributed by atoms with van der Waals surface area (Å²) >= 11 is 0. The van der Waals surface area contributed by atoms with Crippen molar-refractivity contribution in [3.8, 4) is 5.75 Å². The molecule has 0 aliphatic rings. The third-order valence-corrected chi connectivity index (χ3v) is 6.35. The van der Waals surface area contributed by atoms with Gasteiger partial charge in [-0.2, -0.15) is 0 Å². The van der Waals surface area contributed by atoms with Crippen molar-refractivity contribution in [3.05, 3.63) is 102 Å². The highest BCUT2D eigenvalue weighted by Gasteiger charge is 2.29. The number of hydrogen-bond acceptors (Lipinski definition) is 7. The molecule has 0 radical (unpaired) electrons. The molecule has 0 unspecified atom stereocenters. The Kier molecular flexibility index (Phi) is 12.3. The van der Waals surface area contributed by atoms with Gasteiger partial charge in [0, 0.05) is 5.54 Å². The minimum atomic E-state index is -1.36. The minimum Gasteiger partial charge on any atom is -0.490 e. The van der Waals surface area contributed by atoms with Crippen LogP contribution in [0.15, 0.2) is 84.9 Å². The van der Waals surface area contributed by atoms with Crippen LogP contribution < -0.4 is 26.4 Å². The monoisotopic (exact) mass is 604 g/mol. The maximum atomic E-state index is 13.4. The molecule has 3 aromatic rings. The molecule has 0 aromatic heterocycles. The van der Waals surface area contributed by atoms with Crippen molar-refractivity contribution in [3.63, 3.8) is 0 Å². The van der Waals surface area contributed by atoms with Crippen LogP contribution in [0.5, 0.6) is 5.75 Å². The van der Waals surface area contributed by atoms with Crippen LogP contribution in [-0.4, -0.2) is 59.3 Å². The fraction of sp³-hybridized carbons (Fsp3) is 0.333. The quantitative estimate of drug-likeness (QED) is 0.188. The lowest BCUT2D eigenvalue weighted by atomic mass is 10.0. The summed E-state index contributed by atoms with van der Waals surface area (Å²) in [6, 6.07) is 22.5. The molecule has 0 aliphatic heterocycles. The van der Waals surface area contributed by atoms with Crippen molar-refractivity contribution < 1.29 is 33.8 Å². The van der Waals surface area contributed by atoms with Gasteiger partial charge in [0.05, 0.1) is 18.0 Å². The van der Waals surface area contributed by atoms with Gasteiger partial charge >= 0.3 is 6.09 Å². The van der Waals surface area contributed by atoms with E-state index in [1.807, 2.05) is 57.2 Å². The molecule has 3 aromatic carbocycles. The van der Waals surface area contributed by atoms with Crippen molar-refractivity contribution in [2.45, 2.75) is 63.9 Å². The molecule has 0 spiro atoms. The Morgan fingerprint density at radius 1 is 0.841 bits per heavy atom. The molecule has 44 heavy (non-hydrogen) atoms. The molecule has 0 aliphatic carbocycles. The van der Waals surface area contributed by atoms with Gasteiger partial charge in [-0.3, -0.25) is 14.4 Å². The number of para-hydroxylation sites is 1. The van der Waals surface area contributed by atoms with Crippen LogP contribution >= 0.6 is 0 Å². The lowest BCUT2D eigenvalue weighted by Crippen LogP contribution is -2.55. The van der Waals surface area contributed by atoms with Crippen molar-refractivity contribution in [1.82, 2.24) is 16.0 Å². The Hall–Kier alpha value is -4.90. The van der Waals surface area contributed by atoms with Gasteiger partial charge in [0.1, 0.15) is 31.1 Å². The van der Waals surface area contributed by atoms with Crippen molar-refractivity contribution in [2.24, 2.45) is 5.73 Å². The summed E-state index contributed by atoms with van der Waals surface area (Å²) in [5.41, 5.74) is 6.72. The Labute approximate surface area is 257 Å². The van der Waals surface area contributed by atoms with Crippen LogP contribution in [0.4, 0.5) is 4.79 Å². The van der Waals surface area contributed by atoms with Gasteiger partial charge in [0.2, 0.25) is 11.8 Å². The van der Waals surface area contributed by atoms with Crippen LogP contribution in [0.3, 0.4) is 0 Å². The number of aliphatic hydroxyl groups excluding tert-OH is 1. The molecular formula is C33H40N4O7. The highest BCUT2D eigenvalue weighted by molar-refractivity contribution is 5.97. The van der Waals surface area contributed by atoms with Gasteiger partial charge in [-0.05, 0) is 50.5 Å². The predicted molar refractivity (Wildman–Crippen MR) is 165 cm³/mol. The SMILES string of the molecule is CC(C)(C)NC(=O)c1ccccc1OC[C@H](O)[C@H](Cc1ccccc1)NC(=O)[C@H](CC(N)=O)NC(=O)OCc1ccccc1. The first kappa shape index (κ1) is 33.6. The summed E-state index contributed by atoms with van der Waals surface area (Å²) in [5, 5.41) is 19.2. The third kappa shape index (κ3) is 11.4. The number of aliphatic hydroxyl groups is 1. The number of rotatable bonds is 14. The van der Waals surface area contributed by atoms with E-state index in [1.165, 1.54) is 0 Å². The Morgan fingerprint density at radius 2 is 1.43 bits per heavy atom. The predicted octanol–water partition coefficient (Wildman–Crippen LogP) is 2.85. The normalized spacial score (nSPS) is 13.1. The van der Waals surface area contributed by atoms with Crippen LogP contribution in [-0.2, 0) is 27.4 Å². The van der Waals surface area contributed by atoms with E-state index in [4.69, 9.17) is 15.2 Å². The van der Waals surface area contributed by atoms with Crippen molar-refractivity contribution in [1.29, 1.82) is 0 Å². The molecular weight excluding hydrogens is 564 g/mol. The summed E-state index contributed by atoms with van der Waals surface area (Å²) in [6.45, 7) is 5.26. The number of benzene rings is 3. The third-order valence-electron chi connectivity index (χ3n) is 6.35. The Bertz CT molecular complexity index is 1390. The molecule has 234 valence electrons. The van der Waals surface area contributed by atoms with E-state index in [1.54, 1.807) is 48.5 Å². The van der Waals surface area contributed by atoms with E-state index < -0.39 is 48.1 Å². The highest BCUT2D eigenvalue weighted by atomic mass is 16.5. The lowest BCUT2D eigenvalue weighted by Gasteiger charge is -2.27. The van der Waals surface area contributed by atoms with Crippen LogP contribution in [0.1, 0.15) is 48.7 Å². The number of alkyl carbamates (subject to hydrolysis) is 1. The molecule has 4 amide bonds. The molecule has 0 saturated heterocycles. The number of carbonyl (C=O) groups is 4. The average molecular weight is 605 g/mol.